The lowest BCUT2D eigenvalue weighted by Crippen LogP contribution is -2.42. The lowest BCUT2D eigenvalue weighted by atomic mass is 10.1. The Morgan fingerprint density at radius 3 is 2.32 bits per heavy atom. The Kier molecular flexibility index (Phi) is 4.83. The van der Waals surface area contributed by atoms with E-state index in [4.69, 9.17) is 5.73 Å². The molecule has 1 saturated heterocycles. The van der Waals surface area contributed by atoms with Gasteiger partial charge in [0.15, 0.2) is 0 Å². The fraction of sp³-hybridized carbons (Fsp3) is 0.625. The molecule has 0 saturated carbocycles. The van der Waals surface area contributed by atoms with Crippen LogP contribution in [0.5, 0.6) is 0 Å². The van der Waals surface area contributed by atoms with Crippen molar-refractivity contribution in [2.45, 2.75) is 32.7 Å². The van der Waals surface area contributed by atoms with Gasteiger partial charge in [-0.2, -0.15) is 0 Å². The smallest absolute Gasteiger partial charge is 0.0369 e. The molecule has 2 N–H and O–H groups in total. The molecular weight excluding hydrogens is 234 g/mol. The van der Waals surface area contributed by atoms with E-state index >= 15 is 0 Å². The summed E-state index contributed by atoms with van der Waals surface area (Å²) in [7, 11) is 2.18. The second-order valence-electron chi connectivity index (χ2n) is 5.95. The van der Waals surface area contributed by atoms with Crippen molar-refractivity contribution >= 4 is 5.69 Å². The van der Waals surface area contributed by atoms with Crippen LogP contribution in [0.25, 0.3) is 0 Å². The monoisotopic (exact) mass is 261 g/mol. The van der Waals surface area contributed by atoms with E-state index in [0.717, 1.165) is 39.0 Å². The second kappa shape index (κ2) is 6.40. The maximum absolute atomic E-state index is 5.94. The van der Waals surface area contributed by atoms with Crippen LogP contribution in [0.15, 0.2) is 18.2 Å². The highest BCUT2D eigenvalue weighted by Gasteiger charge is 2.15. The van der Waals surface area contributed by atoms with Crippen molar-refractivity contribution in [1.29, 1.82) is 0 Å². The number of anilines is 1. The zero-order chi connectivity index (χ0) is 13.8. The Labute approximate surface area is 117 Å². The quantitative estimate of drug-likeness (QED) is 0.901. The van der Waals surface area contributed by atoms with E-state index in [0.29, 0.717) is 6.04 Å². The standard InChI is InChI=1S/C16H27N3/c1-13-10-14(2)12-16(11-13)18(3)8-9-19-6-4-15(17)5-7-19/h10-12,15H,4-9,17H2,1-3H3. The van der Waals surface area contributed by atoms with Crippen molar-refractivity contribution in [1.82, 2.24) is 4.90 Å². The lowest BCUT2D eigenvalue weighted by Gasteiger charge is -2.32. The van der Waals surface area contributed by atoms with Gasteiger partial charge < -0.3 is 15.5 Å². The Morgan fingerprint density at radius 1 is 1.16 bits per heavy atom. The summed E-state index contributed by atoms with van der Waals surface area (Å²) in [6.07, 6.45) is 2.29. The molecule has 0 aliphatic carbocycles. The van der Waals surface area contributed by atoms with Crippen LogP contribution in [-0.4, -0.2) is 44.2 Å². The van der Waals surface area contributed by atoms with Gasteiger partial charge in [-0.25, -0.2) is 0 Å². The van der Waals surface area contributed by atoms with Crippen LogP contribution in [-0.2, 0) is 0 Å². The van der Waals surface area contributed by atoms with E-state index in [9.17, 15) is 0 Å². The van der Waals surface area contributed by atoms with Gasteiger partial charge in [0.05, 0.1) is 0 Å². The molecule has 0 aromatic heterocycles. The average molecular weight is 261 g/mol. The minimum absolute atomic E-state index is 0.424. The summed E-state index contributed by atoms with van der Waals surface area (Å²) in [5.41, 5.74) is 9.94. The predicted octanol–water partition coefficient (Wildman–Crippen LogP) is 2.16. The second-order valence-corrected chi connectivity index (χ2v) is 5.95. The molecule has 106 valence electrons. The molecule has 0 amide bonds. The number of nitrogens with zero attached hydrogens (tertiary/aromatic N) is 2. The maximum atomic E-state index is 5.94. The Hall–Kier alpha value is -1.06. The number of likely N-dealkylation sites (tertiary alicyclic amines) is 1. The number of benzene rings is 1. The fourth-order valence-corrected chi connectivity index (χ4v) is 2.77. The summed E-state index contributed by atoms with van der Waals surface area (Å²) >= 11 is 0. The van der Waals surface area contributed by atoms with Gasteiger partial charge >= 0.3 is 0 Å². The average Bonchev–Trinajstić information content (AvgIpc) is 2.36. The fourth-order valence-electron chi connectivity index (χ4n) is 2.77. The molecule has 0 unspecified atom stereocenters. The van der Waals surface area contributed by atoms with E-state index in [1.807, 2.05) is 0 Å². The van der Waals surface area contributed by atoms with Gasteiger partial charge in [0, 0.05) is 31.9 Å². The third-order valence-corrected chi connectivity index (χ3v) is 4.03. The van der Waals surface area contributed by atoms with Gasteiger partial charge in [-0.3, -0.25) is 0 Å². The van der Waals surface area contributed by atoms with Crippen LogP contribution in [0.1, 0.15) is 24.0 Å². The first-order valence-electron chi connectivity index (χ1n) is 7.32. The van der Waals surface area contributed by atoms with Crippen LogP contribution < -0.4 is 10.6 Å². The summed E-state index contributed by atoms with van der Waals surface area (Å²) < 4.78 is 0. The minimum atomic E-state index is 0.424. The van der Waals surface area contributed by atoms with E-state index in [2.05, 4.69) is 48.9 Å². The summed E-state index contributed by atoms with van der Waals surface area (Å²) in [5, 5.41) is 0. The first kappa shape index (κ1) is 14.4. The van der Waals surface area contributed by atoms with Crippen LogP contribution in [0.3, 0.4) is 0 Å². The number of hydrogen-bond donors (Lipinski definition) is 1. The number of hydrogen-bond acceptors (Lipinski definition) is 3. The molecule has 3 heteroatoms. The molecule has 19 heavy (non-hydrogen) atoms. The Bertz CT molecular complexity index is 388. The molecule has 1 heterocycles. The minimum Gasteiger partial charge on any atom is -0.373 e. The Balaban J connectivity index is 1.85. The predicted molar refractivity (Wildman–Crippen MR) is 82.8 cm³/mol. The van der Waals surface area contributed by atoms with Gasteiger partial charge in [0.2, 0.25) is 0 Å². The third kappa shape index (κ3) is 4.22. The molecule has 0 spiro atoms. The first-order valence-corrected chi connectivity index (χ1v) is 7.32. The number of likely N-dealkylation sites (N-methyl/N-ethyl adjacent to an activating group) is 1. The molecule has 1 aromatic rings. The number of piperidine rings is 1. The summed E-state index contributed by atoms with van der Waals surface area (Å²) in [6.45, 7) is 8.85. The van der Waals surface area contributed by atoms with Crippen molar-refractivity contribution in [3.63, 3.8) is 0 Å². The molecule has 1 aliphatic rings. The highest BCUT2D eigenvalue weighted by molar-refractivity contribution is 5.50. The zero-order valence-corrected chi connectivity index (χ0v) is 12.5. The van der Waals surface area contributed by atoms with E-state index < -0.39 is 0 Å². The van der Waals surface area contributed by atoms with Crippen molar-refractivity contribution in [3.8, 4) is 0 Å². The lowest BCUT2D eigenvalue weighted by molar-refractivity contribution is 0.218. The SMILES string of the molecule is Cc1cc(C)cc(N(C)CCN2CCC(N)CC2)c1. The summed E-state index contributed by atoms with van der Waals surface area (Å²) in [4.78, 5) is 4.89. The van der Waals surface area contributed by atoms with E-state index in [1.54, 1.807) is 0 Å². The Morgan fingerprint density at radius 2 is 1.74 bits per heavy atom. The van der Waals surface area contributed by atoms with Crippen LogP contribution >= 0.6 is 0 Å². The highest BCUT2D eigenvalue weighted by Crippen LogP contribution is 2.17. The van der Waals surface area contributed by atoms with Crippen molar-refractivity contribution < 1.29 is 0 Å². The zero-order valence-electron chi connectivity index (χ0n) is 12.5. The number of nitrogens with two attached hydrogens (primary N) is 1. The summed E-state index contributed by atoms with van der Waals surface area (Å²) in [5.74, 6) is 0. The maximum Gasteiger partial charge on any atom is 0.0369 e. The largest absolute Gasteiger partial charge is 0.373 e. The molecule has 1 aromatic carbocycles. The van der Waals surface area contributed by atoms with Crippen molar-refractivity contribution in [3.05, 3.63) is 29.3 Å². The molecule has 3 nitrogen and oxygen atoms in total. The molecule has 1 aliphatic heterocycles. The summed E-state index contributed by atoms with van der Waals surface area (Å²) in [6, 6.07) is 7.18. The number of aryl methyl sites for hydroxylation is 2. The molecule has 0 radical (unpaired) electrons. The van der Waals surface area contributed by atoms with Crippen LogP contribution in [0.4, 0.5) is 5.69 Å². The van der Waals surface area contributed by atoms with Gasteiger partial charge in [0.25, 0.3) is 0 Å². The first-order chi connectivity index (χ1) is 9.04. The van der Waals surface area contributed by atoms with Crippen molar-refractivity contribution in [2.24, 2.45) is 5.73 Å². The third-order valence-electron chi connectivity index (χ3n) is 4.03. The van der Waals surface area contributed by atoms with Gasteiger partial charge in [-0.1, -0.05) is 6.07 Å². The molecule has 0 atom stereocenters. The van der Waals surface area contributed by atoms with E-state index in [-0.39, 0.29) is 0 Å². The van der Waals surface area contributed by atoms with Gasteiger partial charge in [-0.15, -0.1) is 0 Å². The van der Waals surface area contributed by atoms with E-state index in [1.165, 1.54) is 16.8 Å². The van der Waals surface area contributed by atoms with Gasteiger partial charge in [0.1, 0.15) is 0 Å². The molecule has 2 rings (SSSR count). The highest BCUT2D eigenvalue weighted by atomic mass is 15.2. The molecule has 1 fully saturated rings. The van der Waals surface area contributed by atoms with Crippen molar-refractivity contribution in [2.75, 3.05) is 38.1 Å². The normalized spacial score (nSPS) is 17.7. The van der Waals surface area contributed by atoms with Crippen LogP contribution in [0.2, 0.25) is 0 Å². The van der Waals surface area contributed by atoms with Crippen LogP contribution in [0, 0.1) is 13.8 Å². The topological polar surface area (TPSA) is 32.5 Å². The number of rotatable bonds is 4. The molecule has 0 bridgehead atoms. The van der Waals surface area contributed by atoms with Gasteiger partial charge in [-0.05, 0) is 63.0 Å². The molecular formula is C16H27N3.